The summed E-state index contributed by atoms with van der Waals surface area (Å²) in [7, 11) is 0. The van der Waals surface area contributed by atoms with E-state index in [1.54, 1.807) is 5.56 Å². The minimum Gasteiger partial charge on any atom is -0.123 e. The summed E-state index contributed by atoms with van der Waals surface area (Å²) < 4.78 is 0. The lowest BCUT2D eigenvalue weighted by molar-refractivity contribution is 0.419. The van der Waals surface area contributed by atoms with E-state index in [0.717, 1.165) is 5.92 Å². The molecule has 0 spiro atoms. The van der Waals surface area contributed by atoms with Crippen molar-refractivity contribution >= 4 is 11.6 Å². The molecule has 3 unspecified atom stereocenters. The van der Waals surface area contributed by atoms with E-state index in [9.17, 15) is 0 Å². The molecule has 17 heavy (non-hydrogen) atoms. The second kappa shape index (κ2) is 4.65. The van der Waals surface area contributed by atoms with Gasteiger partial charge in [-0.3, -0.25) is 0 Å². The van der Waals surface area contributed by atoms with Crippen molar-refractivity contribution in [3.8, 4) is 0 Å². The molecular weight excluding hydrogens is 228 g/mol. The molecule has 0 heterocycles. The maximum Gasteiger partial charge on any atom is 0.0367 e. The number of hydrogen-bond donors (Lipinski definition) is 0. The average Bonchev–Trinajstić information content (AvgIpc) is 2.59. The molecule has 1 aromatic rings. The first-order valence-electron chi connectivity index (χ1n) is 6.99. The summed E-state index contributed by atoms with van der Waals surface area (Å²) in [5.74, 6) is 2.17. The van der Waals surface area contributed by atoms with Crippen molar-refractivity contribution in [2.75, 3.05) is 0 Å². The van der Waals surface area contributed by atoms with E-state index >= 15 is 0 Å². The molecule has 0 bridgehead atoms. The van der Waals surface area contributed by atoms with E-state index in [-0.39, 0.29) is 0 Å². The fourth-order valence-electron chi connectivity index (χ4n) is 3.34. The highest BCUT2D eigenvalue weighted by atomic mass is 35.5. The van der Waals surface area contributed by atoms with Gasteiger partial charge in [-0.1, -0.05) is 37.6 Å². The summed E-state index contributed by atoms with van der Waals surface area (Å²) in [5.41, 5.74) is 3.05. The molecule has 0 aromatic heterocycles. The standard InChI is InChI=1S/C16H21Cl/c1-11-15(9-10-16(11)17)14-7-5-13(6-8-14)12-3-2-4-12/h5-8,11-12,15-16H,2-4,9-10H2,1H3. The van der Waals surface area contributed by atoms with Gasteiger partial charge in [0.2, 0.25) is 0 Å². The normalized spacial score (nSPS) is 33.6. The van der Waals surface area contributed by atoms with Gasteiger partial charge in [0, 0.05) is 5.38 Å². The van der Waals surface area contributed by atoms with Crippen LogP contribution in [-0.2, 0) is 0 Å². The molecule has 92 valence electrons. The van der Waals surface area contributed by atoms with Crippen LogP contribution in [0.15, 0.2) is 24.3 Å². The molecule has 0 radical (unpaired) electrons. The van der Waals surface area contributed by atoms with E-state index in [1.165, 1.54) is 37.7 Å². The van der Waals surface area contributed by atoms with Crippen LogP contribution < -0.4 is 0 Å². The van der Waals surface area contributed by atoms with Crippen LogP contribution in [0.3, 0.4) is 0 Å². The molecule has 3 atom stereocenters. The number of halogens is 1. The Morgan fingerprint density at radius 3 is 2.06 bits per heavy atom. The lowest BCUT2D eigenvalue weighted by Crippen LogP contribution is -2.11. The molecule has 2 saturated carbocycles. The highest BCUT2D eigenvalue weighted by Gasteiger charge is 2.32. The summed E-state index contributed by atoms with van der Waals surface area (Å²) in [6, 6.07) is 9.41. The Morgan fingerprint density at radius 1 is 0.941 bits per heavy atom. The molecule has 0 amide bonds. The molecule has 0 aliphatic heterocycles. The van der Waals surface area contributed by atoms with Crippen LogP contribution in [0.5, 0.6) is 0 Å². The van der Waals surface area contributed by atoms with Crippen molar-refractivity contribution in [3.05, 3.63) is 35.4 Å². The van der Waals surface area contributed by atoms with Gasteiger partial charge in [0.15, 0.2) is 0 Å². The van der Waals surface area contributed by atoms with E-state index < -0.39 is 0 Å². The fraction of sp³-hybridized carbons (Fsp3) is 0.625. The van der Waals surface area contributed by atoms with Gasteiger partial charge in [0.05, 0.1) is 0 Å². The summed E-state index contributed by atoms with van der Waals surface area (Å²) in [6.07, 6.45) is 6.64. The van der Waals surface area contributed by atoms with Crippen LogP contribution in [0.25, 0.3) is 0 Å². The average molecular weight is 249 g/mol. The van der Waals surface area contributed by atoms with Crippen LogP contribution in [0.4, 0.5) is 0 Å². The monoisotopic (exact) mass is 248 g/mol. The predicted molar refractivity (Wildman–Crippen MR) is 73.8 cm³/mol. The quantitative estimate of drug-likeness (QED) is 0.641. The molecule has 3 rings (SSSR count). The topological polar surface area (TPSA) is 0 Å². The van der Waals surface area contributed by atoms with E-state index in [1.807, 2.05) is 0 Å². The van der Waals surface area contributed by atoms with Gasteiger partial charge >= 0.3 is 0 Å². The Morgan fingerprint density at radius 2 is 1.59 bits per heavy atom. The predicted octanol–water partition coefficient (Wildman–Crippen LogP) is 5.08. The Balaban J connectivity index is 1.75. The largest absolute Gasteiger partial charge is 0.123 e. The van der Waals surface area contributed by atoms with Crippen LogP contribution in [0.1, 0.15) is 62.0 Å². The van der Waals surface area contributed by atoms with Crippen molar-refractivity contribution in [1.29, 1.82) is 0 Å². The minimum absolute atomic E-state index is 0.381. The molecule has 2 fully saturated rings. The first kappa shape index (κ1) is 11.6. The smallest absolute Gasteiger partial charge is 0.0367 e. The zero-order valence-electron chi connectivity index (χ0n) is 10.5. The van der Waals surface area contributed by atoms with Crippen LogP contribution in [0, 0.1) is 5.92 Å². The molecule has 0 N–H and O–H groups in total. The SMILES string of the molecule is CC1C(Cl)CCC1c1ccc(C2CCC2)cc1. The molecule has 0 nitrogen and oxygen atoms in total. The molecule has 2 aliphatic rings. The van der Waals surface area contributed by atoms with Crippen molar-refractivity contribution < 1.29 is 0 Å². The minimum atomic E-state index is 0.381. The van der Waals surface area contributed by atoms with Gasteiger partial charge in [-0.15, -0.1) is 11.6 Å². The Bertz CT molecular complexity index is 377. The zero-order valence-corrected chi connectivity index (χ0v) is 11.3. The third kappa shape index (κ3) is 2.12. The third-order valence-electron chi connectivity index (χ3n) is 4.90. The summed E-state index contributed by atoms with van der Waals surface area (Å²) >= 11 is 6.32. The fourth-order valence-corrected chi connectivity index (χ4v) is 3.65. The summed E-state index contributed by atoms with van der Waals surface area (Å²) in [4.78, 5) is 0. The Kier molecular flexibility index (Phi) is 3.17. The van der Waals surface area contributed by atoms with Gasteiger partial charge in [-0.25, -0.2) is 0 Å². The van der Waals surface area contributed by atoms with Gasteiger partial charge in [0.25, 0.3) is 0 Å². The molecule has 2 aliphatic carbocycles. The lowest BCUT2D eigenvalue weighted by Gasteiger charge is -2.26. The summed E-state index contributed by atoms with van der Waals surface area (Å²) in [5, 5.41) is 0.381. The van der Waals surface area contributed by atoms with E-state index in [0.29, 0.717) is 17.2 Å². The van der Waals surface area contributed by atoms with Crippen LogP contribution in [0.2, 0.25) is 0 Å². The second-order valence-corrected chi connectivity index (χ2v) is 6.41. The van der Waals surface area contributed by atoms with Gasteiger partial charge in [-0.2, -0.15) is 0 Å². The molecular formula is C16H21Cl. The lowest BCUT2D eigenvalue weighted by atomic mass is 9.79. The highest BCUT2D eigenvalue weighted by Crippen LogP contribution is 2.43. The number of benzene rings is 1. The van der Waals surface area contributed by atoms with E-state index in [2.05, 4.69) is 31.2 Å². The van der Waals surface area contributed by atoms with Gasteiger partial charge in [-0.05, 0) is 54.6 Å². The number of alkyl halides is 1. The maximum absolute atomic E-state index is 6.32. The number of rotatable bonds is 2. The molecule has 0 saturated heterocycles. The highest BCUT2D eigenvalue weighted by molar-refractivity contribution is 6.21. The molecule has 1 heteroatoms. The Labute approximate surface area is 109 Å². The van der Waals surface area contributed by atoms with Gasteiger partial charge in [0.1, 0.15) is 0 Å². The van der Waals surface area contributed by atoms with Crippen molar-refractivity contribution in [2.45, 2.75) is 56.2 Å². The van der Waals surface area contributed by atoms with Crippen LogP contribution in [-0.4, -0.2) is 5.38 Å². The van der Waals surface area contributed by atoms with E-state index in [4.69, 9.17) is 11.6 Å². The van der Waals surface area contributed by atoms with Crippen molar-refractivity contribution in [2.24, 2.45) is 5.92 Å². The Hall–Kier alpha value is -0.490. The van der Waals surface area contributed by atoms with Crippen LogP contribution >= 0.6 is 11.6 Å². The number of hydrogen-bond acceptors (Lipinski definition) is 0. The summed E-state index contributed by atoms with van der Waals surface area (Å²) in [6.45, 7) is 2.30. The van der Waals surface area contributed by atoms with Gasteiger partial charge < -0.3 is 0 Å². The second-order valence-electron chi connectivity index (χ2n) is 5.85. The molecule has 1 aromatic carbocycles. The maximum atomic E-state index is 6.32. The van der Waals surface area contributed by atoms with Crippen molar-refractivity contribution in [3.63, 3.8) is 0 Å². The van der Waals surface area contributed by atoms with Crippen molar-refractivity contribution in [1.82, 2.24) is 0 Å². The first-order valence-corrected chi connectivity index (χ1v) is 7.43. The first-order chi connectivity index (χ1) is 8.25. The zero-order chi connectivity index (χ0) is 11.8. The third-order valence-corrected chi connectivity index (χ3v) is 5.52.